The molecule has 0 saturated carbocycles. The largest absolute Gasteiger partial charge is 0.368 e. The number of aryl methyl sites for hydroxylation is 1. The van der Waals surface area contributed by atoms with Crippen LogP contribution in [0.25, 0.3) is 17.1 Å². The van der Waals surface area contributed by atoms with Crippen molar-refractivity contribution in [3.05, 3.63) is 84.7 Å². The van der Waals surface area contributed by atoms with Crippen LogP contribution in [-0.4, -0.2) is 62.5 Å². The lowest BCUT2D eigenvalue weighted by atomic mass is 10.2. The molecule has 172 valence electrons. The number of pyridine rings is 1. The normalized spacial score (nSPS) is 13.8. The zero-order valence-electron chi connectivity index (χ0n) is 19.0. The molecule has 8 heteroatoms. The number of carbonyl (C=O) groups excluding carboxylic acids is 1. The van der Waals surface area contributed by atoms with Gasteiger partial charge in [0, 0.05) is 55.5 Å². The zero-order valence-corrected chi connectivity index (χ0v) is 19.9. The maximum absolute atomic E-state index is 13.0. The van der Waals surface area contributed by atoms with Crippen LogP contribution in [0, 0.1) is 6.92 Å². The first-order chi connectivity index (χ1) is 16.7. The molecule has 4 aromatic rings. The van der Waals surface area contributed by atoms with Gasteiger partial charge in [0.05, 0.1) is 5.75 Å². The Morgan fingerprint density at radius 2 is 1.65 bits per heavy atom. The molecule has 34 heavy (non-hydrogen) atoms. The molecule has 1 fully saturated rings. The Balaban J connectivity index is 1.29. The van der Waals surface area contributed by atoms with Crippen LogP contribution in [0.3, 0.4) is 0 Å². The highest BCUT2D eigenvalue weighted by molar-refractivity contribution is 7.99. The molecule has 1 saturated heterocycles. The molecule has 2 aromatic carbocycles. The molecule has 1 amide bonds. The van der Waals surface area contributed by atoms with E-state index in [2.05, 4.69) is 51.3 Å². The van der Waals surface area contributed by atoms with Gasteiger partial charge in [0.15, 0.2) is 11.0 Å². The van der Waals surface area contributed by atoms with E-state index in [0.29, 0.717) is 16.7 Å². The molecule has 7 nitrogen and oxygen atoms in total. The molecule has 5 rings (SSSR count). The van der Waals surface area contributed by atoms with Crippen molar-refractivity contribution < 1.29 is 4.79 Å². The topological polar surface area (TPSA) is 67.2 Å². The Morgan fingerprint density at radius 3 is 2.35 bits per heavy atom. The summed E-state index contributed by atoms with van der Waals surface area (Å²) in [5.41, 5.74) is 4.23. The van der Waals surface area contributed by atoms with Gasteiger partial charge >= 0.3 is 0 Å². The van der Waals surface area contributed by atoms with E-state index in [4.69, 9.17) is 0 Å². The summed E-state index contributed by atoms with van der Waals surface area (Å²) in [5.74, 6) is 1.16. The Kier molecular flexibility index (Phi) is 6.58. The van der Waals surface area contributed by atoms with Crippen LogP contribution < -0.4 is 4.90 Å². The highest BCUT2D eigenvalue weighted by atomic mass is 32.2. The summed E-state index contributed by atoms with van der Waals surface area (Å²) in [6, 6.07) is 22.4. The predicted molar refractivity (Wildman–Crippen MR) is 135 cm³/mol. The van der Waals surface area contributed by atoms with Crippen molar-refractivity contribution >= 4 is 23.4 Å². The number of amides is 1. The number of hydrogen-bond acceptors (Lipinski definition) is 6. The van der Waals surface area contributed by atoms with E-state index in [0.717, 1.165) is 37.4 Å². The molecule has 1 aliphatic heterocycles. The molecule has 0 bridgehead atoms. The quantitative estimate of drug-likeness (QED) is 0.396. The third-order valence-corrected chi connectivity index (χ3v) is 6.84. The number of rotatable bonds is 6. The Hall–Kier alpha value is -3.65. The van der Waals surface area contributed by atoms with Gasteiger partial charge in [0.1, 0.15) is 0 Å². The lowest BCUT2D eigenvalue weighted by molar-refractivity contribution is -0.128. The third-order valence-electron chi connectivity index (χ3n) is 5.92. The average Bonchev–Trinajstić information content (AvgIpc) is 3.33. The molecule has 1 aliphatic rings. The maximum atomic E-state index is 13.0. The lowest BCUT2D eigenvalue weighted by Gasteiger charge is -2.36. The number of anilines is 1. The number of thioether (sulfide) groups is 1. The van der Waals surface area contributed by atoms with E-state index in [9.17, 15) is 4.79 Å². The number of hydrogen-bond donors (Lipinski definition) is 0. The fraction of sp³-hybridized carbons (Fsp3) is 0.231. The number of aromatic nitrogens is 4. The fourth-order valence-corrected chi connectivity index (χ4v) is 4.90. The van der Waals surface area contributed by atoms with E-state index in [1.807, 2.05) is 51.9 Å². The van der Waals surface area contributed by atoms with E-state index in [-0.39, 0.29) is 5.91 Å². The van der Waals surface area contributed by atoms with Crippen molar-refractivity contribution in [3.8, 4) is 17.1 Å². The first kappa shape index (κ1) is 22.2. The minimum absolute atomic E-state index is 0.124. The van der Waals surface area contributed by atoms with E-state index in [1.165, 1.54) is 23.0 Å². The van der Waals surface area contributed by atoms with Crippen molar-refractivity contribution in [2.24, 2.45) is 0 Å². The summed E-state index contributed by atoms with van der Waals surface area (Å²) in [7, 11) is 0. The van der Waals surface area contributed by atoms with Gasteiger partial charge in [-0.1, -0.05) is 47.7 Å². The van der Waals surface area contributed by atoms with Crippen LogP contribution in [0.2, 0.25) is 0 Å². The van der Waals surface area contributed by atoms with Crippen LogP contribution in [0.1, 0.15) is 5.56 Å². The van der Waals surface area contributed by atoms with Crippen molar-refractivity contribution in [2.45, 2.75) is 12.1 Å². The molecule has 0 radical (unpaired) electrons. The van der Waals surface area contributed by atoms with Crippen LogP contribution >= 0.6 is 11.8 Å². The summed E-state index contributed by atoms with van der Waals surface area (Å²) < 4.78 is 2.00. The lowest BCUT2D eigenvalue weighted by Crippen LogP contribution is -2.49. The van der Waals surface area contributed by atoms with Crippen molar-refractivity contribution in [1.29, 1.82) is 0 Å². The minimum atomic E-state index is 0.124. The Morgan fingerprint density at radius 1 is 0.882 bits per heavy atom. The third kappa shape index (κ3) is 4.82. The summed E-state index contributed by atoms with van der Waals surface area (Å²) in [6.07, 6.45) is 3.52. The first-order valence-corrected chi connectivity index (χ1v) is 12.3. The van der Waals surface area contributed by atoms with Crippen LogP contribution in [0.15, 0.2) is 84.3 Å². The monoisotopic (exact) mass is 470 g/mol. The molecule has 0 atom stereocenters. The number of nitrogens with zero attached hydrogens (tertiary/aromatic N) is 6. The first-order valence-electron chi connectivity index (χ1n) is 11.3. The fourth-order valence-electron chi connectivity index (χ4n) is 4.04. The van der Waals surface area contributed by atoms with Gasteiger partial charge < -0.3 is 9.80 Å². The molecule has 0 aliphatic carbocycles. The van der Waals surface area contributed by atoms with Gasteiger partial charge in [0.2, 0.25) is 5.91 Å². The summed E-state index contributed by atoms with van der Waals surface area (Å²) in [5, 5.41) is 9.56. The molecular weight excluding hydrogens is 444 g/mol. The average molecular weight is 471 g/mol. The van der Waals surface area contributed by atoms with Gasteiger partial charge in [-0.3, -0.25) is 14.3 Å². The summed E-state index contributed by atoms with van der Waals surface area (Å²) in [4.78, 5) is 21.5. The second-order valence-electron chi connectivity index (χ2n) is 8.21. The van der Waals surface area contributed by atoms with Crippen molar-refractivity contribution in [1.82, 2.24) is 24.6 Å². The van der Waals surface area contributed by atoms with Crippen LogP contribution in [0.4, 0.5) is 5.69 Å². The van der Waals surface area contributed by atoms with E-state index < -0.39 is 0 Å². The second-order valence-corrected chi connectivity index (χ2v) is 9.15. The van der Waals surface area contributed by atoms with Gasteiger partial charge in [0.25, 0.3) is 0 Å². The minimum Gasteiger partial charge on any atom is -0.368 e. The van der Waals surface area contributed by atoms with Gasteiger partial charge in [-0.15, -0.1) is 10.2 Å². The van der Waals surface area contributed by atoms with Crippen LogP contribution in [0.5, 0.6) is 0 Å². The van der Waals surface area contributed by atoms with E-state index in [1.54, 1.807) is 12.4 Å². The SMILES string of the molecule is Cc1ccc(-n2c(SCC(=O)N3CCN(c4ccccc4)CC3)nnc2-c2cccnc2)cc1. The van der Waals surface area contributed by atoms with Gasteiger partial charge in [-0.2, -0.15) is 0 Å². The summed E-state index contributed by atoms with van der Waals surface area (Å²) >= 11 is 1.42. The number of benzene rings is 2. The maximum Gasteiger partial charge on any atom is 0.233 e. The van der Waals surface area contributed by atoms with Crippen molar-refractivity contribution in [3.63, 3.8) is 0 Å². The molecule has 0 unspecified atom stereocenters. The summed E-state index contributed by atoms with van der Waals surface area (Å²) in [6.45, 7) is 5.18. The van der Waals surface area contributed by atoms with E-state index >= 15 is 0 Å². The van der Waals surface area contributed by atoms with Crippen LogP contribution in [-0.2, 0) is 4.79 Å². The number of para-hydroxylation sites is 1. The molecule has 2 aromatic heterocycles. The predicted octanol–water partition coefficient (Wildman–Crippen LogP) is 4.08. The Bertz CT molecular complexity index is 1240. The van der Waals surface area contributed by atoms with Crippen molar-refractivity contribution in [2.75, 3.05) is 36.8 Å². The molecule has 0 N–H and O–H groups in total. The highest BCUT2D eigenvalue weighted by Gasteiger charge is 2.23. The smallest absolute Gasteiger partial charge is 0.233 e. The molecule has 3 heterocycles. The molecule has 0 spiro atoms. The highest BCUT2D eigenvalue weighted by Crippen LogP contribution is 2.28. The second kappa shape index (κ2) is 10.1. The van der Waals surface area contributed by atoms with Gasteiger partial charge in [-0.05, 0) is 43.3 Å². The van der Waals surface area contributed by atoms with Gasteiger partial charge in [-0.25, -0.2) is 0 Å². The number of carbonyl (C=O) groups is 1. The Labute approximate surface area is 203 Å². The zero-order chi connectivity index (χ0) is 23.3. The standard InChI is InChI=1S/C26H26N6OS/c1-20-9-11-23(12-10-20)32-25(21-6-5-13-27-18-21)28-29-26(32)34-19-24(33)31-16-14-30(15-17-31)22-7-3-2-4-8-22/h2-13,18H,14-17,19H2,1H3. The molecular formula is C26H26N6OS. The number of piperazine rings is 1.